The van der Waals surface area contributed by atoms with Crippen molar-refractivity contribution in [3.8, 4) is 12.3 Å². The van der Waals surface area contributed by atoms with E-state index in [-0.39, 0.29) is 0 Å². The molecule has 2 unspecified atom stereocenters. The Hall–Kier alpha value is -1.61. The van der Waals surface area contributed by atoms with Crippen molar-refractivity contribution in [3.63, 3.8) is 0 Å². The number of aromatic nitrogens is 1. The first kappa shape index (κ1) is 13.1. The van der Waals surface area contributed by atoms with Gasteiger partial charge in [0.1, 0.15) is 5.82 Å². The maximum atomic E-state index is 5.75. The SMILES string of the molecule is C#Cc1ccc(N2CC3COCC(C2)N3C2COC2)nc1. The quantitative estimate of drug-likeness (QED) is 0.733. The Labute approximate surface area is 124 Å². The predicted molar refractivity (Wildman–Crippen MR) is 79.2 cm³/mol. The summed E-state index contributed by atoms with van der Waals surface area (Å²) in [5.41, 5.74) is 0.826. The zero-order valence-corrected chi connectivity index (χ0v) is 11.9. The number of nitrogens with zero attached hydrogens (tertiary/aromatic N) is 3. The summed E-state index contributed by atoms with van der Waals surface area (Å²) in [6, 6.07) is 5.41. The molecule has 0 saturated carbocycles. The largest absolute Gasteiger partial charge is 0.378 e. The number of fused-ring (bicyclic) bond motifs is 2. The van der Waals surface area contributed by atoms with Crippen LogP contribution in [0, 0.1) is 12.3 Å². The van der Waals surface area contributed by atoms with E-state index in [2.05, 4.69) is 20.7 Å². The summed E-state index contributed by atoms with van der Waals surface area (Å²) in [4.78, 5) is 9.47. The molecule has 0 amide bonds. The first-order valence-electron chi connectivity index (χ1n) is 7.45. The Morgan fingerprint density at radius 3 is 2.24 bits per heavy atom. The smallest absolute Gasteiger partial charge is 0.128 e. The second kappa shape index (κ2) is 5.30. The standard InChI is InChI=1S/C16H19N3O2/c1-2-12-3-4-16(17-5-12)18-6-13-8-20-9-14(7-18)19(13)15-10-21-11-15/h1,3-5,13-15H,6-11H2. The molecule has 110 valence electrons. The molecule has 0 spiro atoms. The third-order valence-electron chi connectivity index (χ3n) is 4.61. The van der Waals surface area contributed by atoms with Crippen LogP contribution in [0.15, 0.2) is 18.3 Å². The number of ether oxygens (including phenoxy) is 2. The van der Waals surface area contributed by atoms with Gasteiger partial charge in [-0.25, -0.2) is 4.98 Å². The summed E-state index contributed by atoms with van der Waals surface area (Å²) in [6.07, 6.45) is 7.16. The predicted octanol–water partition coefficient (Wildman–Crippen LogP) is 0.351. The van der Waals surface area contributed by atoms with Crippen molar-refractivity contribution >= 4 is 5.82 Å². The highest BCUT2D eigenvalue weighted by atomic mass is 16.5. The van der Waals surface area contributed by atoms with Crippen LogP contribution in [-0.2, 0) is 9.47 Å². The number of pyridine rings is 1. The number of morpholine rings is 1. The van der Waals surface area contributed by atoms with Gasteiger partial charge in [-0.1, -0.05) is 5.92 Å². The fourth-order valence-corrected chi connectivity index (χ4v) is 3.52. The Morgan fingerprint density at radius 2 is 1.71 bits per heavy atom. The van der Waals surface area contributed by atoms with Gasteiger partial charge < -0.3 is 14.4 Å². The van der Waals surface area contributed by atoms with Crippen LogP contribution in [0.25, 0.3) is 0 Å². The minimum atomic E-state index is 0.431. The maximum Gasteiger partial charge on any atom is 0.128 e. The Bertz CT molecular complexity index is 536. The molecule has 5 nitrogen and oxygen atoms in total. The third-order valence-corrected chi connectivity index (χ3v) is 4.61. The monoisotopic (exact) mass is 285 g/mol. The molecule has 0 N–H and O–H groups in total. The van der Waals surface area contributed by atoms with Crippen LogP contribution in [-0.4, -0.2) is 67.5 Å². The molecule has 0 radical (unpaired) electrons. The molecule has 3 aliphatic rings. The van der Waals surface area contributed by atoms with Gasteiger partial charge in [0, 0.05) is 24.8 Å². The Morgan fingerprint density at radius 1 is 1.05 bits per heavy atom. The van der Waals surface area contributed by atoms with E-state index in [9.17, 15) is 0 Å². The van der Waals surface area contributed by atoms with E-state index in [0.29, 0.717) is 18.1 Å². The highest BCUT2D eigenvalue weighted by molar-refractivity contribution is 5.44. The zero-order chi connectivity index (χ0) is 14.2. The highest BCUT2D eigenvalue weighted by Gasteiger charge is 2.44. The van der Waals surface area contributed by atoms with E-state index in [1.807, 2.05) is 12.1 Å². The summed E-state index contributed by atoms with van der Waals surface area (Å²) in [5.74, 6) is 3.62. The number of hydrogen-bond donors (Lipinski definition) is 0. The summed E-state index contributed by atoms with van der Waals surface area (Å²) in [5, 5.41) is 0. The maximum absolute atomic E-state index is 5.75. The third kappa shape index (κ3) is 2.30. The molecule has 5 heteroatoms. The molecule has 1 aromatic heterocycles. The number of piperazine rings is 1. The van der Waals surface area contributed by atoms with Crippen molar-refractivity contribution in [3.05, 3.63) is 23.9 Å². The molecule has 2 bridgehead atoms. The zero-order valence-electron chi connectivity index (χ0n) is 11.9. The number of terminal acetylenes is 1. The number of rotatable bonds is 2. The van der Waals surface area contributed by atoms with Gasteiger partial charge in [0.2, 0.25) is 0 Å². The van der Waals surface area contributed by atoms with Gasteiger partial charge in [0.15, 0.2) is 0 Å². The lowest BCUT2D eigenvalue weighted by atomic mass is 10.00. The van der Waals surface area contributed by atoms with Gasteiger partial charge in [0.25, 0.3) is 0 Å². The second-order valence-corrected chi connectivity index (χ2v) is 5.94. The molecule has 3 fully saturated rings. The van der Waals surface area contributed by atoms with Crippen molar-refractivity contribution in [2.45, 2.75) is 18.1 Å². The molecule has 0 aliphatic carbocycles. The van der Waals surface area contributed by atoms with E-state index in [1.54, 1.807) is 6.20 Å². The molecule has 4 rings (SSSR count). The van der Waals surface area contributed by atoms with Crippen molar-refractivity contribution in [1.29, 1.82) is 0 Å². The molecule has 2 atom stereocenters. The minimum Gasteiger partial charge on any atom is -0.378 e. The van der Waals surface area contributed by atoms with Gasteiger partial charge in [0.05, 0.1) is 44.6 Å². The first-order valence-corrected chi connectivity index (χ1v) is 7.45. The van der Waals surface area contributed by atoms with Crippen molar-refractivity contribution in [2.75, 3.05) is 44.4 Å². The molecular weight excluding hydrogens is 266 g/mol. The summed E-state index contributed by atoms with van der Waals surface area (Å²) < 4.78 is 11.1. The van der Waals surface area contributed by atoms with E-state index >= 15 is 0 Å². The highest BCUT2D eigenvalue weighted by Crippen LogP contribution is 2.28. The van der Waals surface area contributed by atoms with Crippen LogP contribution in [0.1, 0.15) is 5.56 Å². The molecular formula is C16H19N3O2. The van der Waals surface area contributed by atoms with E-state index in [4.69, 9.17) is 15.9 Å². The van der Waals surface area contributed by atoms with Gasteiger partial charge >= 0.3 is 0 Å². The summed E-state index contributed by atoms with van der Waals surface area (Å²) >= 11 is 0. The van der Waals surface area contributed by atoms with Gasteiger partial charge in [-0.2, -0.15) is 0 Å². The molecule has 4 heterocycles. The molecule has 0 aromatic carbocycles. The van der Waals surface area contributed by atoms with Crippen LogP contribution in [0.2, 0.25) is 0 Å². The van der Waals surface area contributed by atoms with Gasteiger partial charge in [-0.05, 0) is 12.1 Å². The van der Waals surface area contributed by atoms with Gasteiger partial charge in [-0.3, -0.25) is 4.90 Å². The molecule has 3 aliphatic heterocycles. The van der Waals surface area contributed by atoms with Crippen LogP contribution in [0.3, 0.4) is 0 Å². The lowest BCUT2D eigenvalue weighted by molar-refractivity contribution is -0.146. The average Bonchev–Trinajstić information content (AvgIpc) is 2.45. The second-order valence-electron chi connectivity index (χ2n) is 5.94. The summed E-state index contributed by atoms with van der Waals surface area (Å²) in [7, 11) is 0. The molecule has 3 saturated heterocycles. The van der Waals surface area contributed by atoms with E-state index in [1.165, 1.54) is 0 Å². The Kier molecular flexibility index (Phi) is 3.30. The van der Waals surface area contributed by atoms with E-state index < -0.39 is 0 Å². The minimum absolute atomic E-state index is 0.431. The van der Waals surface area contributed by atoms with Crippen LogP contribution < -0.4 is 4.90 Å². The van der Waals surface area contributed by atoms with Crippen LogP contribution in [0.4, 0.5) is 5.82 Å². The molecule has 21 heavy (non-hydrogen) atoms. The van der Waals surface area contributed by atoms with E-state index in [0.717, 1.165) is 50.9 Å². The lowest BCUT2D eigenvalue weighted by Crippen LogP contribution is -2.70. The average molecular weight is 285 g/mol. The normalized spacial score (nSPS) is 29.8. The topological polar surface area (TPSA) is 37.8 Å². The first-order chi connectivity index (χ1) is 10.3. The number of hydrogen-bond acceptors (Lipinski definition) is 5. The van der Waals surface area contributed by atoms with Gasteiger partial charge in [-0.15, -0.1) is 6.42 Å². The van der Waals surface area contributed by atoms with Crippen molar-refractivity contribution in [1.82, 2.24) is 9.88 Å². The van der Waals surface area contributed by atoms with Crippen LogP contribution >= 0.6 is 0 Å². The van der Waals surface area contributed by atoms with Crippen LogP contribution in [0.5, 0.6) is 0 Å². The van der Waals surface area contributed by atoms with Crippen molar-refractivity contribution in [2.24, 2.45) is 0 Å². The molecule has 1 aromatic rings. The Balaban J connectivity index is 1.53. The number of anilines is 1. The fourth-order valence-electron chi connectivity index (χ4n) is 3.52. The van der Waals surface area contributed by atoms with Crippen molar-refractivity contribution < 1.29 is 9.47 Å². The lowest BCUT2D eigenvalue weighted by Gasteiger charge is -2.54. The summed E-state index contributed by atoms with van der Waals surface area (Å²) in [6.45, 7) is 5.23. The fraction of sp³-hybridized carbons (Fsp3) is 0.562.